The van der Waals surface area contributed by atoms with E-state index in [4.69, 9.17) is 5.73 Å². The van der Waals surface area contributed by atoms with Crippen molar-refractivity contribution in [3.63, 3.8) is 0 Å². The predicted octanol–water partition coefficient (Wildman–Crippen LogP) is -0.837. The highest BCUT2D eigenvalue weighted by molar-refractivity contribution is 5.98. The molecule has 1 saturated heterocycles. The standard InChI is InChI=1S/C40H66N10O11/c1-19(2)13-25(41)33(53)45-26(14-20(3)4)34(54)46-27(16-30(51)52)35(55)48-32(22(7)8)38(58)49-31(21(5)6)37(57)47-28(15-24-17-42-18-43-24)39(59)50-12-10-11-29(50)36(56)44-23(9)40(60)61/h17-23,25-29,31-32H,10-16,41H2,1-9H3,(H,42,43)(H,44,56)(H,45,53)(H,46,54)(H,47,57)(H,48,55)(H,49,58)(H,51,52)(H,60,61)/t23-,25-,26-,27-,28-,29-,31-,32-/m0/s1. The summed E-state index contributed by atoms with van der Waals surface area (Å²) in [5, 5.41) is 34.2. The number of aromatic nitrogens is 2. The summed E-state index contributed by atoms with van der Waals surface area (Å²) < 4.78 is 0. The minimum Gasteiger partial charge on any atom is -0.481 e. The fraction of sp³-hybridized carbons (Fsp3) is 0.700. The van der Waals surface area contributed by atoms with Crippen LogP contribution in [0.3, 0.4) is 0 Å². The number of rotatable bonds is 24. The molecule has 1 aromatic heterocycles. The van der Waals surface area contributed by atoms with Crippen molar-refractivity contribution in [1.82, 2.24) is 46.8 Å². The molecule has 8 atom stereocenters. The third kappa shape index (κ3) is 16.4. The highest BCUT2D eigenvalue weighted by Gasteiger charge is 2.40. The summed E-state index contributed by atoms with van der Waals surface area (Å²) in [6, 6.07) is -9.79. The minimum atomic E-state index is -1.67. The molecule has 0 bridgehead atoms. The molecule has 0 unspecified atom stereocenters. The summed E-state index contributed by atoms with van der Waals surface area (Å²) in [4.78, 5) is 126. The second-order valence-corrected chi connectivity index (χ2v) is 17.1. The van der Waals surface area contributed by atoms with Gasteiger partial charge in [0.1, 0.15) is 42.3 Å². The third-order valence-electron chi connectivity index (χ3n) is 10.1. The first-order chi connectivity index (χ1) is 28.4. The van der Waals surface area contributed by atoms with Crippen molar-refractivity contribution in [1.29, 1.82) is 0 Å². The highest BCUT2D eigenvalue weighted by Crippen LogP contribution is 2.20. The summed E-state index contributed by atoms with van der Waals surface area (Å²) in [5.41, 5.74) is 6.50. The van der Waals surface area contributed by atoms with Gasteiger partial charge in [0, 0.05) is 24.9 Å². The largest absolute Gasteiger partial charge is 0.481 e. The van der Waals surface area contributed by atoms with Crippen molar-refractivity contribution in [2.45, 2.75) is 149 Å². The molecule has 342 valence electrons. The number of carbonyl (C=O) groups is 9. The maximum absolute atomic E-state index is 14.1. The van der Waals surface area contributed by atoms with E-state index < -0.39 is 120 Å². The minimum absolute atomic E-state index is 0.0759. The lowest BCUT2D eigenvalue weighted by Gasteiger charge is -2.31. The molecule has 0 spiro atoms. The molecular weight excluding hydrogens is 796 g/mol. The monoisotopic (exact) mass is 862 g/mol. The molecule has 61 heavy (non-hydrogen) atoms. The molecule has 0 radical (unpaired) electrons. The van der Waals surface area contributed by atoms with Gasteiger partial charge in [-0.15, -0.1) is 0 Å². The predicted molar refractivity (Wildman–Crippen MR) is 221 cm³/mol. The van der Waals surface area contributed by atoms with Gasteiger partial charge in [0.2, 0.25) is 41.4 Å². The Morgan fingerprint density at radius 2 is 1.25 bits per heavy atom. The summed E-state index contributed by atoms with van der Waals surface area (Å²) in [7, 11) is 0. The molecular formula is C40H66N10O11. The van der Waals surface area contributed by atoms with Crippen LogP contribution in [0, 0.1) is 23.7 Å². The number of nitrogens with one attached hydrogen (secondary N) is 7. The van der Waals surface area contributed by atoms with Gasteiger partial charge in [0.05, 0.1) is 18.8 Å². The number of nitrogens with zero attached hydrogens (tertiary/aromatic N) is 2. The zero-order valence-electron chi connectivity index (χ0n) is 36.6. The zero-order chi connectivity index (χ0) is 46.3. The molecule has 2 heterocycles. The number of aromatic amines is 1. The van der Waals surface area contributed by atoms with E-state index in [1.54, 1.807) is 27.7 Å². The average molecular weight is 863 g/mol. The number of likely N-dealkylation sites (tertiary alicyclic amines) is 1. The van der Waals surface area contributed by atoms with Crippen molar-refractivity contribution in [3.05, 3.63) is 18.2 Å². The highest BCUT2D eigenvalue weighted by atomic mass is 16.4. The second kappa shape index (κ2) is 24.0. The third-order valence-corrected chi connectivity index (χ3v) is 10.1. The van der Waals surface area contributed by atoms with Gasteiger partial charge in [-0.1, -0.05) is 55.4 Å². The van der Waals surface area contributed by atoms with E-state index >= 15 is 0 Å². The molecule has 1 fully saturated rings. The Morgan fingerprint density at radius 1 is 0.721 bits per heavy atom. The molecule has 1 aromatic rings. The van der Waals surface area contributed by atoms with Crippen LogP contribution in [0.1, 0.15) is 100 Å². The Kier molecular flexibility index (Phi) is 20.3. The smallest absolute Gasteiger partial charge is 0.325 e. The lowest BCUT2D eigenvalue weighted by Crippen LogP contribution is -2.62. The molecule has 21 nitrogen and oxygen atoms in total. The van der Waals surface area contributed by atoms with E-state index in [2.05, 4.69) is 41.9 Å². The Bertz CT molecular complexity index is 1700. The van der Waals surface area contributed by atoms with E-state index in [-0.39, 0.29) is 37.6 Å². The van der Waals surface area contributed by atoms with E-state index in [1.807, 2.05) is 27.7 Å². The van der Waals surface area contributed by atoms with Crippen LogP contribution in [0.4, 0.5) is 0 Å². The van der Waals surface area contributed by atoms with E-state index in [1.165, 1.54) is 24.3 Å². The SMILES string of the molecule is CC(C)C[C@H](NC(=O)[C@@H](N)CC(C)C)C(=O)N[C@@H](CC(=O)O)C(=O)N[C@H](C(=O)N[C@H](C(=O)N[C@@H](Cc1cnc[nH]1)C(=O)N1CCC[C@H]1C(=O)N[C@@H](C)C(=O)O)C(C)C)C(C)C. The van der Waals surface area contributed by atoms with Crippen LogP contribution in [-0.2, 0) is 49.6 Å². The van der Waals surface area contributed by atoms with Crippen molar-refractivity contribution in [2.75, 3.05) is 6.54 Å². The first-order valence-electron chi connectivity index (χ1n) is 20.7. The number of hydrogen-bond acceptors (Lipinski definition) is 11. The molecule has 21 heteroatoms. The van der Waals surface area contributed by atoms with Crippen LogP contribution in [0.15, 0.2) is 12.5 Å². The summed E-state index contributed by atoms with van der Waals surface area (Å²) in [5.74, 6) is -9.14. The Hall–Kier alpha value is -5.60. The number of carbonyl (C=O) groups excluding carboxylic acids is 7. The molecule has 0 aromatic carbocycles. The number of carboxylic acids is 2. The molecule has 2 rings (SSSR count). The average Bonchev–Trinajstić information content (AvgIpc) is 3.86. The van der Waals surface area contributed by atoms with E-state index in [0.717, 1.165) is 0 Å². The van der Waals surface area contributed by atoms with Crippen LogP contribution >= 0.6 is 0 Å². The molecule has 0 saturated carbocycles. The fourth-order valence-corrected chi connectivity index (χ4v) is 6.77. The molecule has 11 N–H and O–H groups in total. The number of carboxylic acid groups (broad SMARTS) is 2. The summed E-state index contributed by atoms with van der Waals surface area (Å²) in [6.07, 6.45) is 3.11. The van der Waals surface area contributed by atoms with Crippen molar-refractivity contribution < 1.29 is 53.4 Å². The second-order valence-electron chi connectivity index (χ2n) is 17.1. The van der Waals surface area contributed by atoms with Gasteiger partial charge in [0.15, 0.2) is 0 Å². The lowest BCUT2D eigenvalue weighted by atomic mass is 9.98. The Balaban J connectivity index is 2.30. The van der Waals surface area contributed by atoms with Crippen LogP contribution < -0.4 is 37.6 Å². The van der Waals surface area contributed by atoms with Crippen LogP contribution in [0.5, 0.6) is 0 Å². The van der Waals surface area contributed by atoms with Gasteiger partial charge in [-0.2, -0.15) is 0 Å². The van der Waals surface area contributed by atoms with Crippen LogP contribution in [-0.4, -0.2) is 133 Å². The van der Waals surface area contributed by atoms with Crippen LogP contribution in [0.25, 0.3) is 0 Å². The molecule has 0 aliphatic carbocycles. The number of aliphatic carboxylic acids is 2. The summed E-state index contributed by atoms with van der Waals surface area (Å²) in [6.45, 7) is 15.3. The number of hydrogen-bond donors (Lipinski definition) is 10. The molecule has 1 aliphatic rings. The summed E-state index contributed by atoms with van der Waals surface area (Å²) >= 11 is 0. The first-order valence-corrected chi connectivity index (χ1v) is 20.7. The number of nitrogens with two attached hydrogens (primary N) is 1. The lowest BCUT2D eigenvalue weighted by molar-refractivity contribution is -0.144. The van der Waals surface area contributed by atoms with Gasteiger partial charge in [0.25, 0.3) is 0 Å². The molecule has 7 amide bonds. The molecule has 1 aliphatic heterocycles. The van der Waals surface area contributed by atoms with Gasteiger partial charge < -0.3 is 57.7 Å². The van der Waals surface area contributed by atoms with Crippen molar-refractivity contribution in [3.8, 4) is 0 Å². The van der Waals surface area contributed by atoms with Gasteiger partial charge in [-0.25, -0.2) is 4.98 Å². The first kappa shape index (κ1) is 51.5. The van der Waals surface area contributed by atoms with E-state index in [9.17, 15) is 53.4 Å². The maximum Gasteiger partial charge on any atom is 0.325 e. The Morgan fingerprint density at radius 3 is 1.75 bits per heavy atom. The fourth-order valence-electron chi connectivity index (χ4n) is 6.77. The van der Waals surface area contributed by atoms with Gasteiger partial charge in [-0.3, -0.25) is 43.2 Å². The normalized spacial score (nSPS) is 17.4. The van der Waals surface area contributed by atoms with Crippen LogP contribution in [0.2, 0.25) is 0 Å². The number of amides is 7. The zero-order valence-corrected chi connectivity index (χ0v) is 36.6. The van der Waals surface area contributed by atoms with Crippen molar-refractivity contribution in [2.24, 2.45) is 29.4 Å². The van der Waals surface area contributed by atoms with Gasteiger partial charge in [-0.05, 0) is 56.3 Å². The number of imidazole rings is 1. The van der Waals surface area contributed by atoms with Gasteiger partial charge >= 0.3 is 11.9 Å². The quantitative estimate of drug-likeness (QED) is 0.0607. The maximum atomic E-state index is 14.1. The van der Waals surface area contributed by atoms with Crippen molar-refractivity contribution >= 4 is 53.3 Å². The topological polar surface area (TPSA) is 324 Å². The Labute approximate surface area is 356 Å². The van der Waals surface area contributed by atoms with E-state index in [0.29, 0.717) is 18.5 Å². The number of H-pyrrole nitrogens is 1.